The van der Waals surface area contributed by atoms with Crippen molar-refractivity contribution in [3.8, 4) is 0 Å². The summed E-state index contributed by atoms with van der Waals surface area (Å²) < 4.78 is 56.3. The number of benzene rings is 2. The third-order valence-corrected chi connectivity index (χ3v) is 11.4. The number of carbonyl (C=O) groups excluding carboxylic acids is 1. The van der Waals surface area contributed by atoms with Gasteiger partial charge in [0, 0.05) is 49.9 Å². The highest BCUT2D eigenvalue weighted by atomic mass is 32.2. The average Bonchev–Trinajstić information content (AvgIpc) is 3.36. The van der Waals surface area contributed by atoms with Gasteiger partial charge in [-0.1, -0.05) is 66.3 Å². The summed E-state index contributed by atoms with van der Waals surface area (Å²) in [4.78, 5) is 16.1. The predicted octanol–water partition coefficient (Wildman–Crippen LogP) is 6.88. The number of aryl methyl sites for hydroxylation is 1. The summed E-state index contributed by atoms with van der Waals surface area (Å²) in [6, 6.07) is 12.5. The fourth-order valence-electron chi connectivity index (χ4n) is 6.85. The van der Waals surface area contributed by atoms with Gasteiger partial charge in [0.1, 0.15) is 0 Å². The molecule has 2 aromatic rings. The van der Waals surface area contributed by atoms with Crippen molar-refractivity contribution in [2.24, 2.45) is 0 Å². The molecule has 9 heteroatoms. The second-order valence-corrected chi connectivity index (χ2v) is 14.5. The van der Waals surface area contributed by atoms with Crippen molar-refractivity contribution in [3.05, 3.63) is 123 Å². The van der Waals surface area contributed by atoms with Crippen LogP contribution >= 0.6 is 0 Å². The van der Waals surface area contributed by atoms with Gasteiger partial charge >= 0.3 is 0 Å². The number of fused-ring (bicyclic) bond motifs is 2. The van der Waals surface area contributed by atoms with Gasteiger partial charge in [-0.2, -0.15) is 13.1 Å². The zero-order chi connectivity index (χ0) is 32.3. The molecule has 6 rings (SSSR count). The maximum Gasteiger partial charge on any atom is 0.291 e. The molecule has 0 atom stereocenters. The Morgan fingerprint density at radius 3 is 2.57 bits per heavy atom. The molecule has 0 spiro atoms. The Bertz CT molecular complexity index is 1730. The highest BCUT2D eigenvalue weighted by Gasteiger charge is 2.32. The number of amides is 1. The van der Waals surface area contributed by atoms with E-state index in [-0.39, 0.29) is 17.5 Å². The van der Waals surface area contributed by atoms with Gasteiger partial charge in [-0.3, -0.25) is 9.69 Å². The number of nitrogens with zero attached hydrogens (tertiary/aromatic N) is 2. The van der Waals surface area contributed by atoms with Gasteiger partial charge in [-0.25, -0.2) is 8.42 Å². The molecule has 2 aliphatic heterocycles. The first-order valence-electron chi connectivity index (χ1n) is 16.2. The summed E-state index contributed by atoms with van der Waals surface area (Å²) in [5.74, 6) is -3.12. The van der Waals surface area contributed by atoms with E-state index in [1.54, 1.807) is 37.3 Å². The van der Waals surface area contributed by atoms with Crippen molar-refractivity contribution in [2.75, 3.05) is 26.2 Å². The largest absolute Gasteiger partial charge is 0.349 e. The van der Waals surface area contributed by atoms with Crippen molar-refractivity contribution in [1.82, 2.24) is 14.5 Å². The fraction of sp³-hybridized carbons (Fsp3) is 0.378. The number of hydrogen-bond donors (Lipinski definition) is 1. The van der Waals surface area contributed by atoms with Gasteiger partial charge in [0.2, 0.25) is 10.0 Å². The van der Waals surface area contributed by atoms with Gasteiger partial charge in [-0.15, -0.1) is 0 Å². The van der Waals surface area contributed by atoms with E-state index < -0.39 is 15.9 Å². The van der Waals surface area contributed by atoms with Crippen LogP contribution in [0.25, 0.3) is 5.57 Å². The SMILES string of the molecule is C/C=C/C(F)(F)c1ccc(CN2CCC3=C(C2)c2cc(C(=O)NC4CCN(S(=O)(=O)C5=CCC=CC=C5)CC4)ccc2CC3)cc1. The Morgan fingerprint density at radius 1 is 1.02 bits per heavy atom. The predicted molar refractivity (Wildman–Crippen MR) is 179 cm³/mol. The molecular weight excluding hydrogens is 604 g/mol. The normalized spacial score (nSPS) is 19.9. The number of piperidine rings is 1. The molecule has 1 amide bonds. The fourth-order valence-corrected chi connectivity index (χ4v) is 8.40. The molecule has 0 aromatic heterocycles. The van der Waals surface area contributed by atoms with Crippen molar-refractivity contribution in [3.63, 3.8) is 0 Å². The zero-order valence-corrected chi connectivity index (χ0v) is 27.0. The van der Waals surface area contributed by atoms with E-state index >= 15 is 0 Å². The number of alkyl halides is 2. The standard InChI is InChI=1S/C37H41F2N3O3S/c1-2-20-37(38,39)31-15-9-27(10-16-31)25-41-21-17-29-12-11-28-13-14-30(24-34(28)35(29)26-41)36(43)40-32-18-22-42(23-19-32)46(44,45)33-7-5-3-4-6-8-33/h2-5,7-10,13-16,20,24,32H,6,11-12,17-19,21-23,25-26H2,1H3,(H,40,43)/b20-2+. The van der Waals surface area contributed by atoms with E-state index in [9.17, 15) is 22.0 Å². The van der Waals surface area contributed by atoms with Crippen LogP contribution in [0.15, 0.2) is 95.5 Å². The van der Waals surface area contributed by atoms with Crippen molar-refractivity contribution in [1.29, 1.82) is 0 Å². The lowest BCUT2D eigenvalue weighted by atomic mass is 9.81. The maximum atomic E-state index is 14.3. The van der Waals surface area contributed by atoms with E-state index in [0.29, 0.717) is 49.4 Å². The van der Waals surface area contributed by atoms with Crippen LogP contribution in [0, 0.1) is 0 Å². The zero-order valence-electron chi connectivity index (χ0n) is 26.2. The molecule has 1 fully saturated rings. The molecule has 2 heterocycles. The Balaban J connectivity index is 1.09. The molecule has 2 aromatic carbocycles. The van der Waals surface area contributed by atoms with Crippen LogP contribution in [-0.4, -0.2) is 55.8 Å². The van der Waals surface area contributed by atoms with E-state index in [1.165, 1.54) is 39.2 Å². The van der Waals surface area contributed by atoms with Crippen molar-refractivity contribution >= 4 is 21.5 Å². The summed E-state index contributed by atoms with van der Waals surface area (Å²) in [6.07, 6.45) is 15.8. The molecule has 242 valence electrons. The summed E-state index contributed by atoms with van der Waals surface area (Å²) in [7, 11) is -3.56. The highest BCUT2D eigenvalue weighted by Crippen LogP contribution is 2.37. The van der Waals surface area contributed by atoms with E-state index in [2.05, 4.69) is 16.3 Å². The molecule has 0 radical (unpaired) electrons. The molecule has 1 saturated heterocycles. The minimum absolute atomic E-state index is 0.0109. The Labute approximate surface area is 270 Å². The summed E-state index contributed by atoms with van der Waals surface area (Å²) in [6.45, 7) is 4.64. The second kappa shape index (κ2) is 13.6. The van der Waals surface area contributed by atoms with Crippen LogP contribution < -0.4 is 5.32 Å². The summed E-state index contributed by atoms with van der Waals surface area (Å²) >= 11 is 0. The molecule has 2 aliphatic carbocycles. The number of sulfonamides is 1. The lowest BCUT2D eigenvalue weighted by Gasteiger charge is -2.35. The number of rotatable bonds is 8. The number of carbonyl (C=O) groups is 1. The number of allylic oxidation sites excluding steroid dienone is 7. The molecule has 6 nitrogen and oxygen atoms in total. The molecule has 0 unspecified atom stereocenters. The number of halogens is 2. The van der Waals surface area contributed by atoms with Gasteiger partial charge < -0.3 is 5.32 Å². The van der Waals surface area contributed by atoms with Crippen LogP contribution in [0.1, 0.15) is 71.6 Å². The van der Waals surface area contributed by atoms with Gasteiger partial charge in [-0.05, 0) is 92.0 Å². The minimum Gasteiger partial charge on any atom is -0.349 e. The van der Waals surface area contributed by atoms with E-state index in [0.717, 1.165) is 49.6 Å². The molecule has 4 aliphatic rings. The van der Waals surface area contributed by atoms with E-state index in [4.69, 9.17) is 0 Å². The molecule has 0 saturated carbocycles. The second-order valence-electron chi connectivity index (χ2n) is 12.5. The summed E-state index contributed by atoms with van der Waals surface area (Å²) in [5, 5.41) is 3.16. The number of nitrogens with one attached hydrogen (secondary N) is 1. The quantitative estimate of drug-likeness (QED) is 0.318. The molecular formula is C37H41F2N3O3S. The first-order chi connectivity index (χ1) is 22.1. The van der Waals surface area contributed by atoms with Crippen molar-refractivity contribution < 1.29 is 22.0 Å². The van der Waals surface area contributed by atoms with Gasteiger partial charge in [0.15, 0.2) is 0 Å². The highest BCUT2D eigenvalue weighted by molar-refractivity contribution is 7.93. The van der Waals surface area contributed by atoms with Crippen LogP contribution in [0.3, 0.4) is 0 Å². The number of hydrogen-bond acceptors (Lipinski definition) is 4. The van der Waals surface area contributed by atoms with Crippen LogP contribution in [0.4, 0.5) is 8.78 Å². The minimum atomic E-state index is -3.56. The van der Waals surface area contributed by atoms with Gasteiger partial charge in [0.05, 0.1) is 4.91 Å². The van der Waals surface area contributed by atoms with E-state index in [1.807, 2.05) is 24.3 Å². The van der Waals surface area contributed by atoms with Gasteiger partial charge in [0.25, 0.3) is 11.8 Å². The Morgan fingerprint density at radius 2 is 1.80 bits per heavy atom. The first kappa shape index (κ1) is 32.3. The van der Waals surface area contributed by atoms with Crippen molar-refractivity contribution in [2.45, 2.75) is 64.0 Å². The topological polar surface area (TPSA) is 69.7 Å². The summed E-state index contributed by atoms with van der Waals surface area (Å²) in [5.41, 5.74) is 6.66. The third-order valence-electron chi connectivity index (χ3n) is 9.44. The molecule has 46 heavy (non-hydrogen) atoms. The maximum absolute atomic E-state index is 14.3. The lowest BCUT2D eigenvalue weighted by Crippen LogP contribution is -2.46. The Hall–Kier alpha value is -3.66. The molecule has 1 N–H and O–H groups in total. The van der Waals surface area contributed by atoms with Crippen LogP contribution in [0.5, 0.6) is 0 Å². The lowest BCUT2D eigenvalue weighted by molar-refractivity contribution is 0.0519. The smallest absolute Gasteiger partial charge is 0.291 e. The monoisotopic (exact) mass is 645 g/mol. The van der Waals surface area contributed by atoms with Crippen LogP contribution in [0.2, 0.25) is 0 Å². The first-order valence-corrected chi connectivity index (χ1v) is 17.6. The average molecular weight is 646 g/mol. The third kappa shape index (κ3) is 7.01. The van der Waals surface area contributed by atoms with Crippen LogP contribution in [-0.2, 0) is 28.9 Å². The Kier molecular flexibility index (Phi) is 9.54. The molecule has 0 bridgehead atoms.